The van der Waals surface area contributed by atoms with E-state index in [2.05, 4.69) is 9.46 Å². The first-order valence-corrected chi connectivity index (χ1v) is 6.22. The van der Waals surface area contributed by atoms with Crippen molar-refractivity contribution >= 4 is 16.0 Å². The fourth-order valence-electron chi connectivity index (χ4n) is 1.15. The van der Waals surface area contributed by atoms with Gasteiger partial charge in [0.05, 0.1) is 18.4 Å². The minimum absolute atomic E-state index is 0.106. The monoisotopic (exact) mass is 243 g/mol. The average Bonchev–Trinajstić information content (AvgIpc) is 2.28. The quantitative estimate of drug-likeness (QED) is 0.783. The topological polar surface area (TPSA) is 72.5 Å². The van der Waals surface area contributed by atoms with Gasteiger partial charge in [-0.25, -0.2) is 17.9 Å². The summed E-state index contributed by atoms with van der Waals surface area (Å²) in [4.78, 5) is 11.1. The summed E-state index contributed by atoms with van der Waals surface area (Å²) in [5.41, 5.74) is 1.01. The van der Waals surface area contributed by atoms with Gasteiger partial charge in [0.1, 0.15) is 0 Å². The molecule has 0 spiro atoms. The van der Waals surface area contributed by atoms with E-state index in [9.17, 15) is 13.2 Å². The highest BCUT2D eigenvalue weighted by atomic mass is 32.2. The Morgan fingerprint density at radius 3 is 2.31 bits per heavy atom. The molecule has 0 fully saturated rings. The molecule has 0 bridgehead atoms. The number of sulfonamides is 1. The normalized spacial score (nSPS) is 11.1. The number of rotatable bonds is 4. The molecule has 0 aromatic heterocycles. The number of esters is 1. The maximum atomic E-state index is 11.2. The van der Waals surface area contributed by atoms with E-state index in [1.807, 2.05) is 0 Å². The van der Waals surface area contributed by atoms with Gasteiger partial charge in [-0.3, -0.25) is 0 Å². The van der Waals surface area contributed by atoms with E-state index < -0.39 is 16.0 Å². The van der Waals surface area contributed by atoms with Gasteiger partial charge in [0.2, 0.25) is 10.0 Å². The van der Waals surface area contributed by atoms with Crippen LogP contribution in [0.1, 0.15) is 15.9 Å². The number of benzene rings is 1. The van der Waals surface area contributed by atoms with Crippen molar-refractivity contribution in [2.24, 2.45) is 0 Å². The predicted molar refractivity (Wildman–Crippen MR) is 59.5 cm³/mol. The van der Waals surface area contributed by atoms with E-state index >= 15 is 0 Å². The fraction of sp³-hybridized carbons (Fsp3) is 0.300. The zero-order valence-electron chi connectivity index (χ0n) is 9.06. The summed E-state index contributed by atoms with van der Waals surface area (Å²) in [7, 11) is -0.625. The summed E-state index contributed by atoms with van der Waals surface area (Å²) < 4.78 is 29.2. The summed E-state index contributed by atoms with van der Waals surface area (Å²) in [6.45, 7) is 0. The van der Waals surface area contributed by atoms with Crippen molar-refractivity contribution < 1.29 is 17.9 Å². The minimum atomic E-state index is -3.28. The van der Waals surface area contributed by atoms with Gasteiger partial charge >= 0.3 is 5.97 Å². The molecule has 0 aliphatic rings. The Morgan fingerprint density at radius 1 is 1.31 bits per heavy atom. The maximum Gasteiger partial charge on any atom is 0.337 e. The van der Waals surface area contributed by atoms with Crippen LogP contribution in [-0.4, -0.2) is 28.5 Å². The molecule has 88 valence electrons. The Kier molecular flexibility index (Phi) is 4.03. The second-order valence-electron chi connectivity index (χ2n) is 3.15. The molecule has 16 heavy (non-hydrogen) atoms. The highest BCUT2D eigenvalue weighted by Crippen LogP contribution is 2.08. The van der Waals surface area contributed by atoms with Crippen LogP contribution in [0.25, 0.3) is 0 Å². The second-order valence-corrected chi connectivity index (χ2v) is 5.08. The van der Waals surface area contributed by atoms with E-state index in [4.69, 9.17) is 0 Å². The lowest BCUT2D eigenvalue weighted by molar-refractivity contribution is 0.0600. The van der Waals surface area contributed by atoms with E-state index in [-0.39, 0.29) is 5.75 Å². The highest BCUT2D eigenvalue weighted by molar-refractivity contribution is 7.88. The number of nitrogens with one attached hydrogen (secondary N) is 1. The zero-order chi connectivity index (χ0) is 12.2. The Balaban J connectivity index is 2.84. The molecule has 1 rings (SSSR count). The van der Waals surface area contributed by atoms with Crippen LogP contribution in [0.4, 0.5) is 0 Å². The van der Waals surface area contributed by atoms with Gasteiger partial charge in [-0.2, -0.15) is 0 Å². The van der Waals surface area contributed by atoms with Crippen molar-refractivity contribution in [1.82, 2.24) is 4.72 Å². The number of ether oxygens (including phenoxy) is 1. The summed E-state index contributed by atoms with van der Waals surface area (Å²) in [5.74, 6) is -0.548. The lowest BCUT2D eigenvalue weighted by Crippen LogP contribution is -2.20. The van der Waals surface area contributed by atoms with Crippen LogP contribution in [-0.2, 0) is 20.5 Å². The summed E-state index contributed by atoms with van der Waals surface area (Å²) in [6, 6.07) is 6.24. The molecule has 0 aliphatic carbocycles. The fourth-order valence-corrected chi connectivity index (χ4v) is 1.92. The van der Waals surface area contributed by atoms with Crippen molar-refractivity contribution in [1.29, 1.82) is 0 Å². The molecule has 0 amide bonds. The Hall–Kier alpha value is -1.40. The molecule has 0 saturated carbocycles. The van der Waals surface area contributed by atoms with Gasteiger partial charge in [-0.15, -0.1) is 0 Å². The van der Waals surface area contributed by atoms with Crippen LogP contribution in [0.15, 0.2) is 24.3 Å². The summed E-state index contributed by atoms with van der Waals surface area (Å²) >= 11 is 0. The van der Waals surface area contributed by atoms with Gasteiger partial charge in [0.25, 0.3) is 0 Å². The van der Waals surface area contributed by atoms with Gasteiger partial charge in [0, 0.05) is 0 Å². The largest absolute Gasteiger partial charge is 0.465 e. The second kappa shape index (κ2) is 5.09. The SMILES string of the molecule is CNS(=O)(=O)Cc1ccc(C(=O)OC)cc1. The molecule has 1 aromatic rings. The molecule has 0 radical (unpaired) electrons. The predicted octanol–water partition coefficient (Wildman–Crippen LogP) is 0.522. The van der Waals surface area contributed by atoms with Crippen LogP contribution in [0.3, 0.4) is 0 Å². The zero-order valence-corrected chi connectivity index (χ0v) is 9.87. The summed E-state index contributed by atoms with van der Waals surface area (Å²) in [6.07, 6.45) is 0. The van der Waals surface area contributed by atoms with E-state index in [1.165, 1.54) is 26.3 Å². The maximum absolute atomic E-state index is 11.2. The molecular formula is C10H13NO4S. The van der Waals surface area contributed by atoms with Crippen LogP contribution in [0.5, 0.6) is 0 Å². The van der Waals surface area contributed by atoms with Crippen molar-refractivity contribution in [3.63, 3.8) is 0 Å². The first-order chi connectivity index (χ1) is 7.48. The number of carbonyl (C=O) groups excluding carboxylic acids is 1. The molecular weight excluding hydrogens is 230 g/mol. The first kappa shape index (κ1) is 12.7. The minimum Gasteiger partial charge on any atom is -0.465 e. The molecule has 1 aromatic carbocycles. The van der Waals surface area contributed by atoms with E-state index in [0.717, 1.165) is 0 Å². The van der Waals surface area contributed by atoms with E-state index in [1.54, 1.807) is 12.1 Å². The molecule has 0 atom stereocenters. The van der Waals surface area contributed by atoms with Crippen LogP contribution >= 0.6 is 0 Å². The smallest absolute Gasteiger partial charge is 0.337 e. The standard InChI is InChI=1S/C10H13NO4S/c1-11-16(13,14)7-8-3-5-9(6-4-8)10(12)15-2/h3-6,11H,7H2,1-2H3. The van der Waals surface area contributed by atoms with Gasteiger partial charge < -0.3 is 4.74 Å². The summed E-state index contributed by atoms with van der Waals surface area (Å²) in [5, 5.41) is 0. The number of carbonyl (C=O) groups is 1. The van der Waals surface area contributed by atoms with Crippen LogP contribution in [0.2, 0.25) is 0 Å². The molecule has 0 heterocycles. The van der Waals surface area contributed by atoms with E-state index in [0.29, 0.717) is 11.1 Å². The number of methoxy groups -OCH3 is 1. The van der Waals surface area contributed by atoms with Crippen molar-refractivity contribution in [2.75, 3.05) is 14.2 Å². The third-order valence-electron chi connectivity index (χ3n) is 2.04. The molecule has 0 unspecified atom stereocenters. The molecule has 6 heteroatoms. The van der Waals surface area contributed by atoms with Crippen molar-refractivity contribution in [3.8, 4) is 0 Å². The molecule has 0 aliphatic heterocycles. The lowest BCUT2D eigenvalue weighted by Gasteiger charge is -2.03. The van der Waals surface area contributed by atoms with Crippen LogP contribution in [0, 0.1) is 0 Å². The molecule has 1 N–H and O–H groups in total. The number of hydrogen-bond acceptors (Lipinski definition) is 4. The van der Waals surface area contributed by atoms with Gasteiger partial charge in [-0.1, -0.05) is 12.1 Å². The van der Waals surface area contributed by atoms with Gasteiger partial charge in [0.15, 0.2) is 0 Å². The average molecular weight is 243 g/mol. The molecule has 5 nitrogen and oxygen atoms in total. The van der Waals surface area contributed by atoms with Gasteiger partial charge in [-0.05, 0) is 24.7 Å². The van der Waals surface area contributed by atoms with Crippen molar-refractivity contribution in [2.45, 2.75) is 5.75 Å². The Labute approximate surface area is 94.5 Å². The van der Waals surface area contributed by atoms with Crippen molar-refractivity contribution in [3.05, 3.63) is 35.4 Å². The first-order valence-electron chi connectivity index (χ1n) is 4.57. The third kappa shape index (κ3) is 3.32. The Bertz CT molecular complexity index is 464. The molecule has 0 saturated heterocycles. The number of hydrogen-bond donors (Lipinski definition) is 1. The third-order valence-corrected chi connectivity index (χ3v) is 3.38. The van der Waals surface area contributed by atoms with Crippen LogP contribution < -0.4 is 4.72 Å². The lowest BCUT2D eigenvalue weighted by atomic mass is 10.1. The highest BCUT2D eigenvalue weighted by Gasteiger charge is 2.09. The Morgan fingerprint density at radius 2 is 1.88 bits per heavy atom.